The summed E-state index contributed by atoms with van der Waals surface area (Å²) in [6, 6.07) is 8.00. The van der Waals surface area contributed by atoms with Crippen molar-refractivity contribution < 1.29 is 0 Å². The molecular weight excluding hydrogens is 212 g/mol. The Bertz CT molecular complexity index is 656. The second-order valence-corrected chi connectivity index (χ2v) is 3.73. The molecule has 4 nitrogen and oxygen atoms in total. The molecule has 0 atom stereocenters. The van der Waals surface area contributed by atoms with Crippen molar-refractivity contribution in [3.05, 3.63) is 49.1 Å². The van der Waals surface area contributed by atoms with E-state index < -0.39 is 0 Å². The normalized spacial score (nSPS) is 10.6. The van der Waals surface area contributed by atoms with E-state index in [4.69, 9.17) is 5.73 Å². The standard InChI is InChI=1S/C13H10N4/c14-13-8-16-12(7-17-13)11-3-1-2-9-6-15-5-4-10(9)11/h1-8H,(H2,14,17). The fourth-order valence-electron chi connectivity index (χ4n) is 1.82. The second-order valence-electron chi connectivity index (χ2n) is 3.73. The van der Waals surface area contributed by atoms with Gasteiger partial charge in [0.2, 0.25) is 0 Å². The molecule has 0 spiro atoms. The van der Waals surface area contributed by atoms with Gasteiger partial charge in [0.15, 0.2) is 0 Å². The van der Waals surface area contributed by atoms with Gasteiger partial charge < -0.3 is 5.73 Å². The average molecular weight is 222 g/mol. The molecule has 0 aliphatic carbocycles. The van der Waals surface area contributed by atoms with Gasteiger partial charge in [-0.3, -0.25) is 9.97 Å². The summed E-state index contributed by atoms with van der Waals surface area (Å²) in [4.78, 5) is 12.5. The van der Waals surface area contributed by atoms with Crippen LogP contribution in [0.2, 0.25) is 0 Å². The fourth-order valence-corrected chi connectivity index (χ4v) is 1.82. The molecule has 0 radical (unpaired) electrons. The number of aromatic nitrogens is 3. The van der Waals surface area contributed by atoms with Crippen molar-refractivity contribution in [3.8, 4) is 11.3 Å². The number of rotatable bonds is 1. The van der Waals surface area contributed by atoms with Gasteiger partial charge in [-0.2, -0.15) is 0 Å². The summed E-state index contributed by atoms with van der Waals surface area (Å²) in [7, 11) is 0. The van der Waals surface area contributed by atoms with E-state index in [1.54, 1.807) is 18.6 Å². The number of fused-ring (bicyclic) bond motifs is 1. The summed E-state index contributed by atoms with van der Waals surface area (Å²) < 4.78 is 0. The predicted molar refractivity (Wildman–Crippen MR) is 67.2 cm³/mol. The quantitative estimate of drug-likeness (QED) is 0.686. The Morgan fingerprint density at radius 3 is 2.71 bits per heavy atom. The van der Waals surface area contributed by atoms with E-state index >= 15 is 0 Å². The van der Waals surface area contributed by atoms with Crippen LogP contribution in [0.25, 0.3) is 22.0 Å². The fraction of sp³-hybridized carbons (Fsp3) is 0. The summed E-state index contributed by atoms with van der Waals surface area (Å²) in [6.45, 7) is 0. The zero-order chi connectivity index (χ0) is 11.7. The van der Waals surface area contributed by atoms with E-state index in [-0.39, 0.29) is 0 Å². The van der Waals surface area contributed by atoms with Crippen molar-refractivity contribution in [1.29, 1.82) is 0 Å². The molecule has 3 rings (SSSR count). The number of pyridine rings is 1. The predicted octanol–water partition coefficient (Wildman–Crippen LogP) is 2.27. The minimum atomic E-state index is 0.427. The molecule has 0 bridgehead atoms. The first-order valence-electron chi connectivity index (χ1n) is 5.25. The molecule has 1 aromatic carbocycles. The molecule has 3 aromatic rings. The molecule has 82 valence electrons. The van der Waals surface area contributed by atoms with Crippen LogP contribution in [-0.2, 0) is 0 Å². The number of nitrogen functional groups attached to an aromatic ring is 1. The summed E-state index contributed by atoms with van der Waals surface area (Å²) in [5.74, 6) is 0.427. The third-order valence-corrected chi connectivity index (χ3v) is 2.63. The molecule has 0 amide bonds. The minimum absolute atomic E-state index is 0.427. The third kappa shape index (κ3) is 1.69. The van der Waals surface area contributed by atoms with Gasteiger partial charge in [0, 0.05) is 23.3 Å². The molecule has 4 heteroatoms. The van der Waals surface area contributed by atoms with Crippen molar-refractivity contribution >= 4 is 16.6 Å². The first-order chi connectivity index (χ1) is 8.34. The van der Waals surface area contributed by atoms with Gasteiger partial charge in [-0.05, 0) is 11.5 Å². The Balaban J connectivity index is 2.27. The van der Waals surface area contributed by atoms with Crippen molar-refractivity contribution in [1.82, 2.24) is 15.0 Å². The lowest BCUT2D eigenvalue weighted by atomic mass is 10.0. The van der Waals surface area contributed by atoms with Crippen molar-refractivity contribution in [3.63, 3.8) is 0 Å². The molecule has 17 heavy (non-hydrogen) atoms. The number of nitrogens with zero attached hydrogens (tertiary/aromatic N) is 3. The Morgan fingerprint density at radius 1 is 0.941 bits per heavy atom. The molecule has 2 N–H and O–H groups in total. The van der Waals surface area contributed by atoms with Gasteiger partial charge in [0.25, 0.3) is 0 Å². The first-order valence-corrected chi connectivity index (χ1v) is 5.25. The monoisotopic (exact) mass is 222 g/mol. The smallest absolute Gasteiger partial charge is 0.141 e. The second kappa shape index (κ2) is 3.83. The molecule has 0 fully saturated rings. The highest BCUT2D eigenvalue weighted by atomic mass is 14.9. The van der Waals surface area contributed by atoms with Crippen LogP contribution in [0.15, 0.2) is 49.1 Å². The summed E-state index contributed by atoms with van der Waals surface area (Å²) in [6.07, 6.45) is 6.86. The van der Waals surface area contributed by atoms with E-state index in [1.807, 2.05) is 30.5 Å². The average Bonchev–Trinajstić information content (AvgIpc) is 2.39. The lowest BCUT2D eigenvalue weighted by molar-refractivity contribution is 1.22. The summed E-state index contributed by atoms with van der Waals surface area (Å²) >= 11 is 0. The van der Waals surface area contributed by atoms with E-state index in [2.05, 4.69) is 15.0 Å². The number of hydrogen-bond acceptors (Lipinski definition) is 4. The zero-order valence-electron chi connectivity index (χ0n) is 9.04. The lowest BCUT2D eigenvalue weighted by Crippen LogP contribution is -1.93. The van der Waals surface area contributed by atoms with Crippen molar-refractivity contribution in [2.45, 2.75) is 0 Å². The van der Waals surface area contributed by atoms with Crippen molar-refractivity contribution in [2.24, 2.45) is 0 Å². The van der Waals surface area contributed by atoms with Gasteiger partial charge in [0.1, 0.15) is 5.82 Å². The van der Waals surface area contributed by atoms with Crippen LogP contribution in [0.5, 0.6) is 0 Å². The summed E-state index contributed by atoms with van der Waals surface area (Å²) in [5, 5.41) is 2.20. The SMILES string of the molecule is Nc1cnc(-c2cccc3cnccc23)cn1. The maximum Gasteiger partial charge on any atom is 0.141 e. The molecule has 2 heterocycles. The van der Waals surface area contributed by atoms with Gasteiger partial charge in [-0.1, -0.05) is 18.2 Å². The third-order valence-electron chi connectivity index (χ3n) is 2.63. The minimum Gasteiger partial charge on any atom is -0.382 e. The van der Waals surface area contributed by atoms with Gasteiger partial charge in [0.05, 0.1) is 18.1 Å². The highest BCUT2D eigenvalue weighted by Gasteiger charge is 2.04. The van der Waals surface area contributed by atoms with Crippen LogP contribution >= 0.6 is 0 Å². The molecule has 0 saturated carbocycles. The number of hydrogen-bond donors (Lipinski definition) is 1. The van der Waals surface area contributed by atoms with Crippen LogP contribution in [-0.4, -0.2) is 15.0 Å². The topological polar surface area (TPSA) is 64.7 Å². The lowest BCUT2D eigenvalue weighted by Gasteiger charge is -2.05. The first kappa shape index (κ1) is 9.72. The highest BCUT2D eigenvalue weighted by molar-refractivity contribution is 5.95. The molecular formula is C13H10N4. The Hall–Kier alpha value is -2.49. The Morgan fingerprint density at radius 2 is 1.88 bits per heavy atom. The molecule has 0 saturated heterocycles. The van der Waals surface area contributed by atoms with Crippen LogP contribution in [0.4, 0.5) is 5.82 Å². The highest BCUT2D eigenvalue weighted by Crippen LogP contribution is 2.25. The molecule has 0 unspecified atom stereocenters. The maximum atomic E-state index is 5.53. The van der Waals surface area contributed by atoms with E-state index in [0.29, 0.717) is 5.82 Å². The van der Waals surface area contributed by atoms with E-state index in [0.717, 1.165) is 22.0 Å². The Labute approximate surface area is 98.2 Å². The van der Waals surface area contributed by atoms with Crippen LogP contribution in [0, 0.1) is 0 Å². The van der Waals surface area contributed by atoms with Crippen molar-refractivity contribution in [2.75, 3.05) is 5.73 Å². The van der Waals surface area contributed by atoms with Gasteiger partial charge in [-0.15, -0.1) is 0 Å². The van der Waals surface area contributed by atoms with Crippen LogP contribution < -0.4 is 5.73 Å². The molecule has 0 aliphatic heterocycles. The number of nitrogens with two attached hydrogens (primary N) is 1. The Kier molecular flexibility index (Phi) is 2.19. The largest absolute Gasteiger partial charge is 0.382 e. The van der Waals surface area contributed by atoms with Gasteiger partial charge in [-0.25, -0.2) is 4.98 Å². The van der Waals surface area contributed by atoms with Crippen LogP contribution in [0.3, 0.4) is 0 Å². The molecule has 0 aliphatic rings. The zero-order valence-corrected chi connectivity index (χ0v) is 9.04. The number of benzene rings is 1. The maximum absolute atomic E-state index is 5.53. The van der Waals surface area contributed by atoms with E-state index in [9.17, 15) is 0 Å². The van der Waals surface area contributed by atoms with E-state index in [1.165, 1.54) is 0 Å². The number of anilines is 1. The van der Waals surface area contributed by atoms with Gasteiger partial charge >= 0.3 is 0 Å². The molecule has 2 aromatic heterocycles. The van der Waals surface area contributed by atoms with Crippen LogP contribution in [0.1, 0.15) is 0 Å². The summed E-state index contributed by atoms with van der Waals surface area (Å²) in [5.41, 5.74) is 7.39.